The molecule has 146 valence electrons. The molecule has 0 saturated carbocycles. The summed E-state index contributed by atoms with van der Waals surface area (Å²) in [6, 6.07) is 21.0. The Labute approximate surface area is 173 Å². The van der Waals surface area contributed by atoms with E-state index in [0.29, 0.717) is 23.6 Å². The van der Waals surface area contributed by atoms with Crippen molar-refractivity contribution in [2.24, 2.45) is 4.99 Å². The number of fused-ring (bicyclic) bond motifs is 3. The largest absolute Gasteiger partial charge is 0.496 e. The Balaban J connectivity index is 1.80. The number of rotatable bonds is 3. The third kappa shape index (κ3) is 3.05. The number of halogens is 1. The average Bonchev–Trinajstić information content (AvgIpc) is 2.96. The predicted molar refractivity (Wildman–Crippen MR) is 115 cm³/mol. The van der Waals surface area contributed by atoms with E-state index in [1.54, 1.807) is 18.3 Å². The minimum absolute atomic E-state index is 0.354. The SMILES string of the molecule is COc1cccc(F)c1C1=NCc2cncnc2-c2ccc(-c3ccccc3)cc21. The number of nitrogens with zero attached hydrogens (tertiary/aromatic N) is 3. The Kier molecular flexibility index (Phi) is 4.56. The number of aliphatic imine (C=N–C) groups is 1. The molecule has 3 aromatic carbocycles. The van der Waals surface area contributed by atoms with E-state index in [4.69, 9.17) is 9.73 Å². The van der Waals surface area contributed by atoms with Gasteiger partial charge in [0.25, 0.3) is 0 Å². The topological polar surface area (TPSA) is 47.4 Å². The molecule has 30 heavy (non-hydrogen) atoms. The van der Waals surface area contributed by atoms with Crippen LogP contribution < -0.4 is 4.74 Å². The van der Waals surface area contributed by atoms with Gasteiger partial charge in [-0.2, -0.15) is 0 Å². The Hall–Kier alpha value is -3.86. The normalized spacial score (nSPS) is 12.4. The average molecular weight is 395 g/mol. The second kappa shape index (κ2) is 7.52. The van der Waals surface area contributed by atoms with Gasteiger partial charge in [-0.15, -0.1) is 0 Å². The van der Waals surface area contributed by atoms with Gasteiger partial charge < -0.3 is 4.74 Å². The minimum Gasteiger partial charge on any atom is -0.496 e. The van der Waals surface area contributed by atoms with Gasteiger partial charge in [-0.05, 0) is 29.3 Å². The number of hydrogen-bond acceptors (Lipinski definition) is 4. The van der Waals surface area contributed by atoms with E-state index in [1.165, 1.54) is 19.5 Å². The van der Waals surface area contributed by atoms with Crippen LogP contribution in [0, 0.1) is 5.82 Å². The number of hydrogen-bond donors (Lipinski definition) is 0. The molecule has 0 unspecified atom stereocenters. The maximum absolute atomic E-state index is 15.0. The summed E-state index contributed by atoms with van der Waals surface area (Å²) in [5.74, 6) is 0.0723. The van der Waals surface area contributed by atoms with E-state index in [1.807, 2.05) is 30.3 Å². The predicted octanol–water partition coefficient (Wildman–Crippen LogP) is 5.31. The van der Waals surface area contributed by atoms with Crippen molar-refractivity contribution in [3.05, 3.63) is 102 Å². The van der Waals surface area contributed by atoms with Crippen LogP contribution >= 0.6 is 0 Å². The minimum atomic E-state index is -0.374. The molecular formula is C25H18FN3O. The Bertz CT molecular complexity index is 1270. The molecule has 0 N–H and O–H groups in total. The highest BCUT2D eigenvalue weighted by Gasteiger charge is 2.25. The molecule has 1 aliphatic rings. The van der Waals surface area contributed by atoms with Crippen molar-refractivity contribution < 1.29 is 9.13 Å². The first-order chi connectivity index (χ1) is 14.8. The molecule has 0 aliphatic carbocycles. The van der Waals surface area contributed by atoms with Crippen LogP contribution in [0.1, 0.15) is 16.7 Å². The van der Waals surface area contributed by atoms with Gasteiger partial charge in [0.05, 0.1) is 30.6 Å². The quantitative estimate of drug-likeness (QED) is 0.472. The van der Waals surface area contributed by atoms with Gasteiger partial charge in [0.15, 0.2) is 0 Å². The maximum atomic E-state index is 15.0. The van der Waals surface area contributed by atoms with Crippen LogP contribution in [0.25, 0.3) is 22.4 Å². The summed E-state index contributed by atoms with van der Waals surface area (Å²) in [7, 11) is 1.54. The first-order valence-electron chi connectivity index (χ1n) is 9.62. The molecule has 1 aliphatic heterocycles. The zero-order valence-electron chi connectivity index (χ0n) is 16.3. The molecule has 0 radical (unpaired) electrons. The van der Waals surface area contributed by atoms with E-state index in [0.717, 1.165) is 33.5 Å². The fourth-order valence-corrected chi connectivity index (χ4v) is 3.84. The summed E-state index contributed by atoms with van der Waals surface area (Å²) in [4.78, 5) is 13.5. The van der Waals surface area contributed by atoms with E-state index in [9.17, 15) is 0 Å². The molecule has 0 atom stereocenters. The maximum Gasteiger partial charge on any atom is 0.136 e. The Morgan fingerprint density at radius 2 is 1.77 bits per heavy atom. The Morgan fingerprint density at radius 3 is 2.60 bits per heavy atom. The molecular weight excluding hydrogens is 377 g/mol. The van der Waals surface area contributed by atoms with Crippen LogP contribution in [-0.4, -0.2) is 22.8 Å². The molecule has 0 saturated heterocycles. The first-order valence-corrected chi connectivity index (χ1v) is 9.62. The summed E-state index contributed by atoms with van der Waals surface area (Å²) in [5, 5.41) is 0. The van der Waals surface area contributed by atoms with Crippen molar-refractivity contribution in [3.8, 4) is 28.1 Å². The zero-order valence-corrected chi connectivity index (χ0v) is 16.3. The third-order valence-electron chi connectivity index (χ3n) is 5.26. The number of aromatic nitrogens is 2. The molecule has 5 heteroatoms. The van der Waals surface area contributed by atoms with Crippen molar-refractivity contribution in [2.75, 3.05) is 7.11 Å². The molecule has 4 aromatic rings. The number of ether oxygens (including phenoxy) is 1. The lowest BCUT2D eigenvalue weighted by molar-refractivity contribution is 0.410. The lowest BCUT2D eigenvalue weighted by atomic mass is 9.91. The summed E-state index contributed by atoms with van der Waals surface area (Å²) < 4.78 is 20.5. The summed E-state index contributed by atoms with van der Waals surface area (Å²) in [5.41, 5.74) is 6.43. The highest BCUT2D eigenvalue weighted by molar-refractivity contribution is 6.18. The van der Waals surface area contributed by atoms with Crippen molar-refractivity contribution in [2.45, 2.75) is 6.54 Å². The number of methoxy groups -OCH3 is 1. The Morgan fingerprint density at radius 1 is 0.900 bits per heavy atom. The van der Waals surface area contributed by atoms with Gasteiger partial charge in [0.1, 0.15) is 17.9 Å². The first kappa shape index (κ1) is 18.2. The van der Waals surface area contributed by atoms with E-state index < -0.39 is 0 Å². The molecule has 0 fully saturated rings. The van der Waals surface area contributed by atoms with Crippen molar-refractivity contribution in [1.82, 2.24) is 9.97 Å². The van der Waals surface area contributed by atoms with Crippen LogP contribution in [0.2, 0.25) is 0 Å². The fraction of sp³-hybridized carbons (Fsp3) is 0.0800. The smallest absolute Gasteiger partial charge is 0.136 e. The van der Waals surface area contributed by atoms with Gasteiger partial charge in [-0.3, -0.25) is 4.99 Å². The summed E-state index contributed by atoms with van der Waals surface area (Å²) >= 11 is 0. The number of benzene rings is 3. The lowest BCUT2D eigenvalue weighted by Crippen LogP contribution is -2.10. The van der Waals surface area contributed by atoms with E-state index in [-0.39, 0.29) is 5.82 Å². The third-order valence-corrected chi connectivity index (χ3v) is 5.26. The second-order valence-electron chi connectivity index (χ2n) is 7.00. The van der Waals surface area contributed by atoms with E-state index in [2.05, 4.69) is 28.2 Å². The molecule has 0 spiro atoms. The highest BCUT2D eigenvalue weighted by atomic mass is 19.1. The lowest BCUT2D eigenvalue weighted by Gasteiger charge is -2.15. The van der Waals surface area contributed by atoms with Gasteiger partial charge in [-0.1, -0.05) is 48.5 Å². The molecule has 1 aromatic heterocycles. The standard InChI is InChI=1S/C25H18FN3O/c1-30-22-9-5-8-21(26)23(22)25-20-12-17(16-6-3-2-4-7-16)10-11-19(20)24-18(14-28-25)13-27-15-29-24/h2-13,15H,14H2,1H3. The summed E-state index contributed by atoms with van der Waals surface area (Å²) in [6.07, 6.45) is 3.30. The van der Waals surface area contributed by atoms with Crippen molar-refractivity contribution >= 4 is 5.71 Å². The summed E-state index contributed by atoms with van der Waals surface area (Å²) in [6.45, 7) is 0.359. The van der Waals surface area contributed by atoms with Crippen LogP contribution in [0.3, 0.4) is 0 Å². The van der Waals surface area contributed by atoms with Crippen LogP contribution in [0.15, 0.2) is 84.2 Å². The molecule has 0 amide bonds. The highest BCUT2D eigenvalue weighted by Crippen LogP contribution is 2.36. The monoisotopic (exact) mass is 395 g/mol. The zero-order chi connectivity index (χ0) is 20.5. The molecule has 4 nitrogen and oxygen atoms in total. The van der Waals surface area contributed by atoms with Gasteiger partial charge in [0, 0.05) is 22.9 Å². The van der Waals surface area contributed by atoms with Gasteiger partial charge in [-0.25, -0.2) is 14.4 Å². The van der Waals surface area contributed by atoms with Crippen molar-refractivity contribution in [1.29, 1.82) is 0 Å². The van der Waals surface area contributed by atoms with Gasteiger partial charge >= 0.3 is 0 Å². The molecule has 2 heterocycles. The van der Waals surface area contributed by atoms with Gasteiger partial charge in [0.2, 0.25) is 0 Å². The molecule has 0 bridgehead atoms. The second-order valence-corrected chi connectivity index (χ2v) is 7.00. The molecule has 5 rings (SSSR count). The van der Waals surface area contributed by atoms with Crippen LogP contribution in [0.4, 0.5) is 4.39 Å². The van der Waals surface area contributed by atoms with Crippen LogP contribution in [-0.2, 0) is 6.54 Å². The van der Waals surface area contributed by atoms with E-state index >= 15 is 4.39 Å². The fourth-order valence-electron chi connectivity index (χ4n) is 3.84. The van der Waals surface area contributed by atoms with Crippen LogP contribution in [0.5, 0.6) is 5.75 Å². The van der Waals surface area contributed by atoms with Crippen molar-refractivity contribution in [3.63, 3.8) is 0 Å².